The largest absolute Gasteiger partial charge is 0.369 e. The summed E-state index contributed by atoms with van der Waals surface area (Å²) in [6, 6.07) is 0. The van der Waals surface area contributed by atoms with Crippen LogP contribution in [0, 0.1) is 17.3 Å². The Morgan fingerprint density at radius 2 is 1.67 bits per heavy atom. The Morgan fingerprint density at radius 3 is 2.00 bits per heavy atom. The Labute approximate surface area is 129 Å². The van der Waals surface area contributed by atoms with Gasteiger partial charge in [-0.15, -0.1) is 6.58 Å². The van der Waals surface area contributed by atoms with Crippen LogP contribution in [0.4, 0.5) is 0 Å². The van der Waals surface area contributed by atoms with Gasteiger partial charge in [-0.1, -0.05) is 26.8 Å². The van der Waals surface area contributed by atoms with E-state index < -0.39 is 17.7 Å². The van der Waals surface area contributed by atoms with E-state index in [1.165, 1.54) is 0 Å². The maximum absolute atomic E-state index is 12.6. The fourth-order valence-corrected chi connectivity index (χ4v) is 2.38. The zero-order valence-electron chi connectivity index (χ0n) is 14.5. The van der Waals surface area contributed by atoms with E-state index in [-0.39, 0.29) is 16.9 Å². The lowest BCUT2D eigenvalue weighted by Gasteiger charge is -2.32. The van der Waals surface area contributed by atoms with Crippen LogP contribution in [0.5, 0.6) is 0 Å². The number of nitrogens with one attached hydrogen (secondary N) is 1. The Balaban J connectivity index is 5.30. The maximum Gasteiger partial charge on any atom is 0.224 e. The molecule has 0 saturated heterocycles. The molecular weight excluding hydrogens is 264 g/mol. The van der Waals surface area contributed by atoms with Gasteiger partial charge >= 0.3 is 0 Å². The molecule has 0 aromatic heterocycles. The third-order valence-corrected chi connectivity index (χ3v) is 3.20. The summed E-state index contributed by atoms with van der Waals surface area (Å²) in [6.07, 6.45) is 3.62. The van der Waals surface area contributed by atoms with Crippen molar-refractivity contribution in [3.63, 3.8) is 0 Å². The molecule has 0 fully saturated rings. The number of rotatable bonds is 7. The summed E-state index contributed by atoms with van der Waals surface area (Å²) >= 11 is 0. The molecule has 0 saturated carbocycles. The quantitative estimate of drug-likeness (QED) is 0.709. The fraction of sp³-hybridized carbons (Fsp3) is 0.765. The zero-order valence-corrected chi connectivity index (χ0v) is 14.5. The second-order valence-corrected chi connectivity index (χ2v) is 7.99. The Morgan fingerprint density at radius 1 is 1.14 bits per heavy atom. The van der Waals surface area contributed by atoms with Gasteiger partial charge in [-0.25, -0.2) is 0 Å². The number of hydrogen-bond donors (Lipinski definition) is 2. The third kappa shape index (κ3) is 8.53. The van der Waals surface area contributed by atoms with Crippen molar-refractivity contribution in [1.82, 2.24) is 5.32 Å². The van der Waals surface area contributed by atoms with E-state index in [4.69, 9.17) is 5.73 Å². The van der Waals surface area contributed by atoms with Crippen molar-refractivity contribution in [2.45, 2.75) is 66.3 Å². The van der Waals surface area contributed by atoms with E-state index in [1.807, 2.05) is 20.8 Å². The zero-order chi connectivity index (χ0) is 16.8. The Hall–Kier alpha value is -1.32. The van der Waals surface area contributed by atoms with Gasteiger partial charge in [0.2, 0.25) is 11.8 Å². The van der Waals surface area contributed by atoms with E-state index in [0.717, 1.165) is 0 Å². The van der Waals surface area contributed by atoms with Crippen molar-refractivity contribution >= 4 is 11.8 Å². The van der Waals surface area contributed by atoms with E-state index in [0.29, 0.717) is 19.3 Å². The Kier molecular flexibility index (Phi) is 7.14. The summed E-state index contributed by atoms with van der Waals surface area (Å²) in [5.74, 6) is -1.35. The lowest BCUT2D eigenvalue weighted by atomic mass is 9.76. The highest BCUT2D eigenvalue weighted by atomic mass is 16.2. The van der Waals surface area contributed by atoms with Crippen LogP contribution >= 0.6 is 0 Å². The van der Waals surface area contributed by atoms with E-state index >= 15 is 0 Å². The van der Waals surface area contributed by atoms with Crippen LogP contribution in [-0.2, 0) is 9.59 Å². The number of primary amides is 1. The van der Waals surface area contributed by atoms with E-state index in [9.17, 15) is 9.59 Å². The average molecular weight is 296 g/mol. The molecule has 0 bridgehead atoms. The lowest BCUT2D eigenvalue weighted by Crippen LogP contribution is -2.48. The van der Waals surface area contributed by atoms with E-state index in [2.05, 4.69) is 32.7 Å². The molecule has 0 aromatic rings. The predicted octanol–water partition coefficient (Wildman–Crippen LogP) is 3.02. The first-order chi connectivity index (χ1) is 9.37. The average Bonchev–Trinajstić information content (AvgIpc) is 2.23. The highest BCUT2D eigenvalue weighted by molar-refractivity contribution is 5.87. The number of allylic oxidation sites excluding steroid dienone is 1. The van der Waals surface area contributed by atoms with Gasteiger partial charge in [0.05, 0.1) is 5.92 Å². The van der Waals surface area contributed by atoms with Crippen LogP contribution in [0.3, 0.4) is 0 Å². The minimum absolute atomic E-state index is 0.0538. The highest BCUT2D eigenvalue weighted by Crippen LogP contribution is 2.32. The van der Waals surface area contributed by atoms with Crippen LogP contribution in [0.15, 0.2) is 12.7 Å². The minimum atomic E-state index is -0.454. The summed E-state index contributed by atoms with van der Waals surface area (Å²) in [6.45, 7) is 15.7. The van der Waals surface area contributed by atoms with Crippen molar-refractivity contribution in [1.29, 1.82) is 0 Å². The number of carbonyl (C=O) groups excluding carboxylic acids is 2. The number of amides is 2. The molecule has 0 aromatic carbocycles. The second kappa shape index (κ2) is 7.62. The molecule has 0 spiro atoms. The molecule has 21 heavy (non-hydrogen) atoms. The van der Waals surface area contributed by atoms with Crippen LogP contribution < -0.4 is 11.1 Å². The monoisotopic (exact) mass is 296 g/mol. The Bertz CT molecular complexity index is 375. The van der Waals surface area contributed by atoms with Crippen LogP contribution in [-0.4, -0.2) is 17.4 Å². The van der Waals surface area contributed by atoms with Crippen LogP contribution in [0.25, 0.3) is 0 Å². The summed E-state index contributed by atoms with van der Waals surface area (Å²) in [5.41, 5.74) is 5.17. The normalized spacial score (nSPS) is 15.1. The third-order valence-electron chi connectivity index (χ3n) is 3.20. The van der Waals surface area contributed by atoms with Crippen molar-refractivity contribution in [2.24, 2.45) is 23.0 Å². The van der Waals surface area contributed by atoms with E-state index in [1.54, 1.807) is 6.08 Å². The first kappa shape index (κ1) is 19.7. The van der Waals surface area contributed by atoms with Gasteiger partial charge in [-0.3, -0.25) is 9.59 Å². The smallest absolute Gasteiger partial charge is 0.224 e. The van der Waals surface area contributed by atoms with Gasteiger partial charge in [-0.05, 0) is 45.4 Å². The summed E-state index contributed by atoms with van der Waals surface area (Å²) in [7, 11) is 0. The fourth-order valence-electron chi connectivity index (χ4n) is 2.38. The summed E-state index contributed by atoms with van der Waals surface area (Å²) in [4.78, 5) is 24.4. The molecule has 0 aliphatic carbocycles. The molecule has 4 nitrogen and oxygen atoms in total. The predicted molar refractivity (Wildman–Crippen MR) is 87.6 cm³/mol. The molecule has 2 amide bonds. The molecule has 4 heteroatoms. The first-order valence-corrected chi connectivity index (χ1v) is 7.59. The topological polar surface area (TPSA) is 72.2 Å². The molecule has 2 unspecified atom stereocenters. The minimum Gasteiger partial charge on any atom is -0.369 e. The second-order valence-electron chi connectivity index (χ2n) is 7.99. The molecule has 0 radical (unpaired) electrons. The molecular formula is C17H32N2O2. The van der Waals surface area contributed by atoms with Crippen molar-refractivity contribution in [2.75, 3.05) is 0 Å². The van der Waals surface area contributed by atoms with Gasteiger partial charge < -0.3 is 11.1 Å². The van der Waals surface area contributed by atoms with Crippen molar-refractivity contribution in [3.05, 3.63) is 12.7 Å². The SMILES string of the molecule is C=CCCC(C(N)=O)C(CC(C)(C)C)C(=O)NC(C)(C)C. The standard InChI is InChI=1S/C17H32N2O2/c1-8-9-10-12(14(18)20)13(11-16(2,3)4)15(21)19-17(5,6)7/h8,12-13H,1,9-11H2,2-7H3,(H2,18,20)(H,19,21). The highest BCUT2D eigenvalue weighted by Gasteiger charge is 2.36. The number of nitrogens with two attached hydrogens (primary N) is 1. The number of carbonyl (C=O) groups is 2. The van der Waals surface area contributed by atoms with Crippen molar-refractivity contribution < 1.29 is 9.59 Å². The summed E-state index contributed by atoms with van der Waals surface area (Å²) < 4.78 is 0. The first-order valence-electron chi connectivity index (χ1n) is 7.59. The molecule has 0 aliphatic rings. The van der Waals surface area contributed by atoms with Gasteiger partial charge in [0.25, 0.3) is 0 Å². The lowest BCUT2D eigenvalue weighted by molar-refractivity contribution is -0.135. The maximum atomic E-state index is 12.6. The van der Waals surface area contributed by atoms with Gasteiger partial charge in [0.15, 0.2) is 0 Å². The van der Waals surface area contributed by atoms with Gasteiger partial charge in [-0.2, -0.15) is 0 Å². The van der Waals surface area contributed by atoms with Crippen molar-refractivity contribution in [3.8, 4) is 0 Å². The number of hydrogen-bond acceptors (Lipinski definition) is 2. The van der Waals surface area contributed by atoms with Gasteiger partial charge in [0, 0.05) is 11.5 Å². The van der Waals surface area contributed by atoms with Crippen LogP contribution in [0.1, 0.15) is 60.8 Å². The molecule has 0 aliphatic heterocycles. The summed E-state index contributed by atoms with van der Waals surface area (Å²) in [5, 5.41) is 2.98. The molecule has 0 heterocycles. The van der Waals surface area contributed by atoms with Crippen LogP contribution in [0.2, 0.25) is 0 Å². The molecule has 3 N–H and O–H groups in total. The van der Waals surface area contributed by atoms with Gasteiger partial charge in [0.1, 0.15) is 0 Å². The molecule has 122 valence electrons. The molecule has 0 rings (SSSR count). The molecule has 2 atom stereocenters.